The lowest BCUT2D eigenvalue weighted by molar-refractivity contribution is -0.115. The number of aromatic nitrogens is 1. The van der Waals surface area contributed by atoms with Gasteiger partial charge < -0.3 is 15.5 Å². The molecule has 1 aromatic carbocycles. The highest BCUT2D eigenvalue weighted by molar-refractivity contribution is 5.94. The minimum absolute atomic E-state index is 0.130. The number of phenols is 1. The lowest BCUT2D eigenvalue weighted by atomic mass is 10.1. The number of hydrogen-bond donors (Lipinski definition) is 3. The first-order valence-electron chi connectivity index (χ1n) is 5.82. The molecule has 102 valence electrons. The van der Waals surface area contributed by atoms with Crippen molar-refractivity contribution in [3.63, 3.8) is 0 Å². The van der Waals surface area contributed by atoms with E-state index in [0.29, 0.717) is 5.69 Å². The number of nitrogens with zero attached hydrogens (tertiary/aromatic N) is 1. The molecule has 1 aromatic heterocycles. The van der Waals surface area contributed by atoms with Crippen molar-refractivity contribution in [2.75, 3.05) is 5.32 Å². The lowest BCUT2D eigenvalue weighted by Crippen LogP contribution is -2.15. The molecule has 6 heteroatoms. The average Bonchev–Trinajstić information content (AvgIpc) is 2.41. The molecule has 0 spiro atoms. The molecule has 0 radical (unpaired) electrons. The van der Waals surface area contributed by atoms with E-state index in [1.807, 2.05) is 0 Å². The van der Waals surface area contributed by atoms with E-state index in [9.17, 15) is 9.59 Å². The molecule has 0 aliphatic heterocycles. The van der Waals surface area contributed by atoms with Crippen molar-refractivity contribution in [3.05, 3.63) is 53.9 Å². The number of amides is 1. The molecule has 0 saturated heterocycles. The molecule has 0 fully saturated rings. The molecular weight excluding hydrogens is 260 g/mol. The predicted molar refractivity (Wildman–Crippen MR) is 71.6 cm³/mol. The van der Waals surface area contributed by atoms with Crippen molar-refractivity contribution in [3.8, 4) is 5.75 Å². The Bertz CT molecular complexity index is 638. The lowest BCUT2D eigenvalue weighted by Gasteiger charge is -2.06. The Kier molecular flexibility index (Phi) is 3.95. The zero-order valence-electron chi connectivity index (χ0n) is 10.4. The summed E-state index contributed by atoms with van der Waals surface area (Å²) in [4.78, 5) is 26.2. The minimum Gasteiger partial charge on any atom is -0.508 e. The van der Waals surface area contributed by atoms with Crippen LogP contribution in [-0.4, -0.2) is 27.1 Å². The van der Waals surface area contributed by atoms with Crippen LogP contribution in [0.4, 0.5) is 5.69 Å². The molecule has 0 saturated carbocycles. The highest BCUT2D eigenvalue weighted by atomic mass is 16.4. The van der Waals surface area contributed by atoms with Gasteiger partial charge in [0, 0.05) is 11.9 Å². The number of phenolic OH excluding ortho intramolecular Hbond substituents is 1. The van der Waals surface area contributed by atoms with Crippen LogP contribution in [0.1, 0.15) is 16.1 Å². The third-order valence-electron chi connectivity index (χ3n) is 2.56. The van der Waals surface area contributed by atoms with E-state index < -0.39 is 5.97 Å². The molecule has 0 atom stereocenters. The molecule has 1 amide bonds. The summed E-state index contributed by atoms with van der Waals surface area (Å²) in [5, 5.41) is 20.5. The van der Waals surface area contributed by atoms with Gasteiger partial charge >= 0.3 is 5.97 Å². The number of aromatic hydroxyl groups is 1. The number of anilines is 1. The molecule has 20 heavy (non-hydrogen) atoms. The van der Waals surface area contributed by atoms with E-state index in [4.69, 9.17) is 10.2 Å². The van der Waals surface area contributed by atoms with Gasteiger partial charge in [-0.3, -0.25) is 4.79 Å². The Morgan fingerprint density at radius 1 is 1.15 bits per heavy atom. The van der Waals surface area contributed by atoms with Crippen LogP contribution in [-0.2, 0) is 11.2 Å². The predicted octanol–water partition coefficient (Wildman–Crippen LogP) is 1.67. The summed E-state index contributed by atoms with van der Waals surface area (Å²) < 4.78 is 0. The van der Waals surface area contributed by atoms with E-state index >= 15 is 0 Å². The molecule has 0 aliphatic rings. The number of nitrogens with one attached hydrogen (secondary N) is 1. The highest BCUT2D eigenvalue weighted by Gasteiger charge is 2.08. The number of rotatable bonds is 4. The third kappa shape index (κ3) is 3.55. The molecule has 1 heterocycles. The second-order valence-corrected chi connectivity index (χ2v) is 4.13. The highest BCUT2D eigenvalue weighted by Crippen LogP contribution is 2.12. The Labute approximate surface area is 114 Å². The normalized spacial score (nSPS) is 10.0. The Morgan fingerprint density at radius 3 is 2.50 bits per heavy atom. The van der Waals surface area contributed by atoms with Crippen LogP contribution in [0.25, 0.3) is 0 Å². The molecule has 6 nitrogen and oxygen atoms in total. The van der Waals surface area contributed by atoms with Crippen LogP contribution in [0.15, 0.2) is 42.6 Å². The third-order valence-corrected chi connectivity index (χ3v) is 2.56. The number of hydrogen-bond acceptors (Lipinski definition) is 4. The van der Waals surface area contributed by atoms with Gasteiger partial charge in [0.25, 0.3) is 0 Å². The zero-order chi connectivity index (χ0) is 14.5. The smallest absolute Gasteiger partial charge is 0.354 e. The van der Waals surface area contributed by atoms with Crippen molar-refractivity contribution in [2.24, 2.45) is 0 Å². The summed E-state index contributed by atoms with van der Waals surface area (Å²) in [7, 11) is 0. The summed E-state index contributed by atoms with van der Waals surface area (Å²) in [5.74, 6) is -1.30. The monoisotopic (exact) mass is 272 g/mol. The van der Waals surface area contributed by atoms with Gasteiger partial charge in [-0.05, 0) is 29.8 Å². The number of pyridine rings is 1. The fourth-order valence-electron chi connectivity index (χ4n) is 1.63. The summed E-state index contributed by atoms with van der Waals surface area (Å²) in [6, 6.07) is 9.08. The maximum atomic E-state index is 11.8. The zero-order valence-corrected chi connectivity index (χ0v) is 10.4. The van der Waals surface area contributed by atoms with Crippen LogP contribution in [0.3, 0.4) is 0 Å². The van der Waals surface area contributed by atoms with Gasteiger partial charge in [0.1, 0.15) is 11.4 Å². The molecule has 2 aromatic rings. The van der Waals surface area contributed by atoms with Gasteiger partial charge in [-0.2, -0.15) is 0 Å². The van der Waals surface area contributed by atoms with Crippen LogP contribution >= 0.6 is 0 Å². The van der Waals surface area contributed by atoms with E-state index in [-0.39, 0.29) is 23.8 Å². The molecule has 2 rings (SSSR count). The van der Waals surface area contributed by atoms with E-state index in [0.717, 1.165) is 5.56 Å². The number of carbonyl (C=O) groups excluding carboxylic acids is 1. The quantitative estimate of drug-likeness (QED) is 0.786. The van der Waals surface area contributed by atoms with E-state index in [1.54, 1.807) is 12.1 Å². The fourth-order valence-corrected chi connectivity index (χ4v) is 1.63. The summed E-state index contributed by atoms with van der Waals surface area (Å²) in [6.07, 6.45) is 1.45. The van der Waals surface area contributed by atoms with Crippen molar-refractivity contribution in [2.45, 2.75) is 6.42 Å². The van der Waals surface area contributed by atoms with Crippen molar-refractivity contribution < 1.29 is 19.8 Å². The number of aromatic carboxylic acids is 1. The second-order valence-electron chi connectivity index (χ2n) is 4.13. The Balaban J connectivity index is 2.02. The summed E-state index contributed by atoms with van der Waals surface area (Å²) in [5.41, 5.74) is 0.987. The van der Waals surface area contributed by atoms with E-state index in [1.165, 1.54) is 30.5 Å². The molecule has 0 aliphatic carbocycles. The summed E-state index contributed by atoms with van der Waals surface area (Å²) >= 11 is 0. The van der Waals surface area contributed by atoms with Gasteiger partial charge in [0.2, 0.25) is 5.91 Å². The standard InChI is InChI=1S/C14H12N2O4/c17-11-3-1-9(2-4-11)7-13(18)16-10-5-6-15-12(8-10)14(19)20/h1-6,8,17H,7H2,(H,19,20)(H,15,16,18). The SMILES string of the molecule is O=C(Cc1ccc(O)cc1)Nc1ccnc(C(=O)O)c1. The van der Waals surface area contributed by atoms with Crippen LogP contribution in [0.5, 0.6) is 5.75 Å². The first-order valence-corrected chi connectivity index (χ1v) is 5.82. The topological polar surface area (TPSA) is 99.5 Å². The Morgan fingerprint density at radius 2 is 1.85 bits per heavy atom. The largest absolute Gasteiger partial charge is 0.508 e. The maximum absolute atomic E-state index is 11.8. The molecular formula is C14H12N2O4. The number of benzene rings is 1. The molecule has 0 unspecified atom stereocenters. The average molecular weight is 272 g/mol. The van der Waals surface area contributed by atoms with E-state index in [2.05, 4.69) is 10.3 Å². The van der Waals surface area contributed by atoms with Crippen molar-refractivity contribution in [1.82, 2.24) is 4.98 Å². The van der Waals surface area contributed by atoms with Crippen LogP contribution in [0.2, 0.25) is 0 Å². The molecule has 0 bridgehead atoms. The molecule has 3 N–H and O–H groups in total. The van der Waals surface area contributed by atoms with Crippen LogP contribution < -0.4 is 5.32 Å². The van der Waals surface area contributed by atoms with Crippen LogP contribution in [0, 0.1) is 0 Å². The number of carboxylic acids is 1. The van der Waals surface area contributed by atoms with Crippen molar-refractivity contribution in [1.29, 1.82) is 0 Å². The van der Waals surface area contributed by atoms with Gasteiger partial charge in [0.15, 0.2) is 0 Å². The second kappa shape index (κ2) is 5.83. The minimum atomic E-state index is -1.15. The maximum Gasteiger partial charge on any atom is 0.354 e. The first kappa shape index (κ1) is 13.5. The number of carbonyl (C=O) groups is 2. The summed E-state index contributed by atoms with van der Waals surface area (Å²) in [6.45, 7) is 0. The first-order chi connectivity index (χ1) is 9.54. The van der Waals surface area contributed by atoms with Gasteiger partial charge in [0.05, 0.1) is 6.42 Å². The van der Waals surface area contributed by atoms with Crippen molar-refractivity contribution >= 4 is 17.6 Å². The number of carboxylic acid groups (broad SMARTS) is 1. The fraction of sp³-hybridized carbons (Fsp3) is 0.0714. The van der Waals surface area contributed by atoms with Gasteiger partial charge in [-0.15, -0.1) is 0 Å². The van der Waals surface area contributed by atoms with Gasteiger partial charge in [-0.25, -0.2) is 9.78 Å². The Hall–Kier alpha value is -2.89. The van der Waals surface area contributed by atoms with Gasteiger partial charge in [-0.1, -0.05) is 12.1 Å².